The first-order valence-corrected chi connectivity index (χ1v) is 7.43. The molecule has 25 heavy (non-hydrogen) atoms. The molecule has 1 aromatic carbocycles. The summed E-state index contributed by atoms with van der Waals surface area (Å²) < 4.78 is 91.3. The van der Waals surface area contributed by atoms with Gasteiger partial charge < -0.3 is 5.32 Å². The lowest BCUT2D eigenvalue weighted by atomic mass is 9.93. The molecular weight excluding hydrogens is 377 g/mol. The molecule has 1 heterocycles. The van der Waals surface area contributed by atoms with Crippen LogP contribution in [-0.4, -0.2) is 37.8 Å². The number of hydrogen-bond acceptors (Lipinski definition) is 2. The predicted molar refractivity (Wildman–Crippen MR) is 81.5 cm³/mol. The van der Waals surface area contributed by atoms with E-state index in [2.05, 4.69) is 5.32 Å². The molecule has 0 saturated carbocycles. The molecule has 0 aromatic heterocycles. The number of benzene rings is 1. The fraction of sp³-hybridized carbons (Fsp3) is 0.600. The van der Waals surface area contributed by atoms with Gasteiger partial charge in [-0.05, 0) is 30.2 Å². The van der Waals surface area contributed by atoms with Crippen LogP contribution in [-0.2, 0) is 12.4 Å². The second-order valence-corrected chi connectivity index (χ2v) is 5.58. The molecule has 0 bridgehead atoms. The second kappa shape index (κ2) is 8.55. The van der Waals surface area contributed by atoms with Gasteiger partial charge in [0.1, 0.15) is 0 Å². The van der Waals surface area contributed by atoms with Crippen LogP contribution in [0.2, 0.25) is 0 Å². The molecule has 0 spiro atoms. The Bertz CT molecular complexity index is 554. The zero-order chi connectivity index (χ0) is 18.0. The Balaban J connectivity index is 0.00000312. The first-order valence-electron chi connectivity index (χ1n) is 7.43. The molecule has 1 N–H and O–H groups in total. The van der Waals surface area contributed by atoms with Crippen LogP contribution in [0.4, 0.5) is 30.7 Å². The Hall–Kier alpha value is -1.06. The summed E-state index contributed by atoms with van der Waals surface area (Å²) in [5.74, 6) is 0. The molecule has 0 amide bonds. The van der Waals surface area contributed by atoms with Gasteiger partial charge in [-0.15, -0.1) is 12.4 Å². The summed E-state index contributed by atoms with van der Waals surface area (Å²) in [5, 5.41) is 3.01. The smallest absolute Gasteiger partial charge is 0.314 e. The van der Waals surface area contributed by atoms with Gasteiger partial charge in [0.25, 0.3) is 0 Å². The molecule has 1 aromatic rings. The van der Waals surface area contributed by atoms with Crippen molar-refractivity contribution in [2.24, 2.45) is 0 Å². The van der Waals surface area contributed by atoms with Gasteiger partial charge in [0.05, 0.1) is 17.8 Å². The topological polar surface area (TPSA) is 15.3 Å². The maximum atomic E-state index is 13.2. The van der Waals surface area contributed by atoms with Gasteiger partial charge in [0.2, 0.25) is 0 Å². The van der Waals surface area contributed by atoms with E-state index in [-0.39, 0.29) is 18.8 Å². The molecular formula is C15H18ClF7N2. The van der Waals surface area contributed by atoms with Gasteiger partial charge in [-0.25, -0.2) is 0 Å². The molecule has 2 nitrogen and oxygen atoms in total. The van der Waals surface area contributed by atoms with E-state index in [0.29, 0.717) is 44.4 Å². The minimum absolute atomic E-state index is 0. The minimum atomic E-state index is -4.80. The van der Waals surface area contributed by atoms with E-state index in [0.717, 1.165) is 0 Å². The van der Waals surface area contributed by atoms with Crippen molar-refractivity contribution in [2.75, 3.05) is 32.9 Å². The molecule has 1 aliphatic heterocycles. The van der Waals surface area contributed by atoms with E-state index in [9.17, 15) is 30.7 Å². The van der Waals surface area contributed by atoms with Crippen molar-refractivity contribution in [1.29, 1.82) is 0 Å². The molecule has 10 heteroatoms. The third kappa shape index (κ3) is 5.46. The predicted octanol–water partition coefficient (Wildman–Crippen LogP) is 4.45. The highest BCUT2D eigenvalue weighted by molar-refractivity contribution is 5.85. The summed E-state index contributed by atoms with van der Waals surface area (Å²) >= 11 is 0. The second-order valence-electron chi connectivity index (χ2n) is 5.58. The molecule has 1 atom stereocenters. The van der Waals surface area contributed by atoms with Crippen molar-refractivity contribution in [1.82, 2.24) is 10.2 Å². The normalized spacial score (nSPS) is 17.9. The minimum Gasteiger partial charge on any atom is -0.314 e. The average Bonchev–Trinajstić information content (AvgIpc) is 2.51. The van der Waals surface area contributed by atoms with Crippen LogP contribution in [0, 0.1) is 0 Å². The highest BCUT2D eigenvalue weighted by atomic mass is 35.5. The summed E-state index contributed by atoms with van der Waals surface area (Å²) in [7, 11) is 0. The summed E-state index contributed by atoms with van der Waals surface area (Å²) in [5.41, 5.74) is -2.83. The number of nitrogens with one attached hydrogen (secondary N) is 1. The Morgan fingerprint density at radius 3 is 2.08 bits per heavy atom. The zero-order valence-corrected chi connectivity index (χ0v) is 13.9. The lowest BCUT2D eigenvalue weighted by Gasteiger charge is -2.36. The van der Waals surface area contributed by atoms with Gasteiger partial charge in [-0.2, -0.15) is 26.3 Å². The first-order chi connectivity index (χ1) is 11.1. The lowest BCUT2D eigenvalue weighted by molar-refractivity contribution is -0.142. The molecule has 0 aliphatic carbocycles. The highest BCUT2D eigenvalue weighted by Crippen LogP contribution is 2.41. The van der Waals surface area contributed by atoms with Gasteiger partial charge >= 0.3 is 12.4 Å². The number of nitrogens with zero attached hydrogens (tertiary/aromatic N) is 1. The molecule has 1 aliphatic rings. The van der Waals surface area contributed by atoms with E-state index in [4.69, 9.17) is 0 Å². The number of piperazine rings is 1. The SMILES string of the molecule is Cl.FCC[C@@H](c1cc(C(F)(F)F)ccc1C(F)(F)F)N1CCNCC1. The largest absolute Gasteiger partial charge is 0.416 e. The quantitative estimate of drug-likeness (QED) is 0.759. The number of halogens is 8. The van der Waals surface area contributed by atoms with Crippen LogP contribution in [0.1, 0.15) is 29.2 Å². The Labute approximate surface area is 146 Å². The van der Waals surface area contributed by atoms with Crippen molar-refractivity contribution in [3.05, 3.63) is 34.9 Å². The molecule has 0 radical (unpaired) electrons. The number of alkyl halides is 7. The molecule has 144 valence electrons. The van der Waals surface area contributed by atoms with Gasteiger partial charge in [0.15, 0.2) is 0 Å². The van der Waals surface area contributed by atoms with Crippen LogP contribution in [0.25, 0.3) is 0 Å². The van der Waals surface area contributed by atoms with Crippen LogP contribution in [0.5, 0.6) is 0 Å². The van der Waals surface area contributed by atoms with Crippen molar-refractivity contribution < 1.29 is 30.7 Å². The van der Waals surface area contributed by atoms with Crippen LogP contribution >= 0.6 is 12.4 Å². The van der Waals surface area contributed by atoms with Gasteiger partial charge in [0, 0.05) is 32.2 Å². The van der Waals surface area contributed by atoms with Gasteiger partial charge in [-0.1, -0.05) is 0 Å². The standard InChI is InChI=1S/C15H17F7N2.ClH/c16-4-3-13(24-7-5-23-6-8-24)11-9-10(14(17,18)19)1-2-12(11)15(20,21)22;/h1-2,9,13,23H,3-8H2;1H/t13-;/m0./s1. The number of rotatable bonds is 4. The highest BCUT2D eigenvalue weighted by Gasteiger charge is 2.39. The fourth-order valence-electron chi connectivity index (χ4n) is 2.90. The van der Waals surface area contributed by atoms with E-state index >= 15 is 0 Å². The Kier molecular flexibility index (Phi) is 7.52. The fourth-order valence-corrected chi connectivity index (χ4v) is 2.90. The maximum Gasteiger partial charge on any atom is 0.416 e. The van der Waals surface area contributed by atoms with Gasteiger partial charge in [-0.3, -0.25) is 9.29 Å². The monoisotopic (exact) mass is 394 g/mol. The van der Waals surface area contributed by atoms with Crippen LogP contribution in [0.15, 0.2) is 18.2 Å². The summed E-state index contributed by atoms with van der Waals surface area (Å²) in [6.45, 7) is 0.755. The van der Waals surface area contributed by atoms with Crippen LogP contribution < -0.4 is 5.32 Å². The molecule has 1 saturated heterocycles. The zero-order valence-electron chi connectivity index (χ0n) is 13.1. The van der Waals surface area contributed by atoms with Crippen molar-refractivity contribution in [3.63, 3.8) is 0 Å². The Morgan fingerprint density at radius 2 is 1.60 bits per heavy atom. The van der Waals surface area contributed by atoms with Crippen molar-refractivity contribution >= 4 is 12.4 Å². The summed E-state index contributed by atoms with van der Waals surface area (Å²) in [4.78, 5) is 1.60. The lowest BCUT2D eigenvalue weighted by Crippen LogP contribution is -2.45. The maximum absolute atomic E-state index is 13.2. The van der Waals surface area contributed by atoms with E-state index < -0.39 is 41.8 Å². The van der Waals surface area contributed by atoms with E-state index in [1.54, 1.807) is 4.90 Å². The first kappa shape index (κ1) is 22.0. The summed E-state index contributed by atoms with van der Waals surface area (Å²) in [6, 6.07) is 0.309. The third-order valence-electron chi connectivity index (χ3n) is 4.02. The third-order valence-corrected chi connectivity index (χ3v) is 4.02. The molecule has 2 rings (SSSR count). The average molecular weight is 395 g/mol. The van der Waals surface area contributed by atoms with E-state index in [1.807, 2.05) is 0 Å². The van der Waals surface area contributed by atoms with Crippen molar-refractivity contribution in [3.8, 4) is 0 Å². The van der Waals surface area contributed by atoms with E-state index in [1.165, 1.54) is 0 Å². The van der Waals surface area contributed by atoms with Crippen molar-refractivity contribution in [2.45, 2.75) is 24.8 Å². The Morgan fingerprint density at radius 1 is 1.00 bits per heavy atom. The number of hydrogen-bond donors (Lipinski definition) is 1. The molecule has 0 unspecified atom stereocenters. The van der Waals surface area contributed by atoms with Crippen LogP contribution in [0.3, 0.4) is 0 Å². The molecule has 1 fully saturated rings. The summed E-state index contributed by atoms with van der Waals surface area (Å²) in [6.07, 6.45) is -9.85.